The van der Waals surface area contributed by atoms with E-state index in [9.17, 15) is 0 Å². The molecule has 0 saturated carbocycles. The quantitative estimate of drug-likeness (QED) is 0.495. The highest BCUT2D eigenvalue weighted by Gasteiger charge is 2.39. The maximum absolute atomic E-state index is 5.10. The van der Waals surface area contributed by atoms with Gasteiger partial charge in [-0.3, -0.25) is 0 Å². The summed E-state index contributed by atoms with van der Waals surface area (Å²) < 4.78 is 20.4. The van der Waals surface area contributed by atoms with Crippen molar-refractivity contribution in [1.29, 1.82) is 0 Å². The first-order valence-corrected chi connectivity index (χ1v) is 5.73. The standard InChI is InChI=1S/C6H14O4SSi/c1-6(11)10-5-12(7-2,8-3)9-4/h5H2,1-4H3. The summed E-state index contributed by atoms with van der Waals surface area (Å²) in [6.45, 7) is 1.69. The van der Waals surface area contributed by atoms with Crippen molar-refractivity contribution in [2.45, 2.75) is 6.92 Å². The fourth-order valence-electron chi connectivity index (χ4n) is 0.617. The zero-order valence-corrected chi connectivity index (χ0v) is 9.56. The van der Waals surface area contributed by atoms with Crippen molar-refractivity contribution in [3.63, 3.8) is 0 Å². The van der Waals surface area contributed by atoms with E-state index in [4.69, 9.17) is 30.2 Å². The van der Waals surface area contributed by atoms with Gasteiger partial charge >= 0.3 is 8.80 Å². The van der Waals surface area contributed by atoms with E-state index in [1.807, 2.05) is 0 Å². The van der Waals surface area contributed by atoms with Crippen molar-refractivity contribution < 1.29 is 18.0 Å². The Balaban J connectivity index is 4.01. The molecule has 12 heavy (non-hydrogen) atoms. The van der Waals surface area contributed by atoms with Gasteiger partial charge in [-0.05, 0) is 12.2 Å². The van der Waals surface area contributed by atoms with Crippen molar-refractivity contribution >= 4 is 26.1 Å². The van der Waals surface area contributed by atoms with Crippen molar-refractivity contribution in [3.05, 3.63) is 0 Å². The Morgan fingerprint density at radius 1 is 1.17 bits per heavy atom. The van der Waals surface area contributed by atoms with Crippen molar-refractivity contribution in [3.8, 4) is 0 Å². The molecule has 0 atom stereocenters. The van der Waals surface area contributed by atoms with Crippen LogP contribution >= 0.6 is 12.2 Å². The molecule has 0 unspecified atom stereocenters. The van der Waals surface area contributed by atoms with E-state index in [-0.39, 0.29) is 6.23 Å². The van der Waals surface area contributed by atoms with Crippen LogP contribution in [0.25, 0.3) is 0 Å². The van der Waals surface area contributed by atoms with Crippen molar-refractivity contribution in [2.75, 3.05) is 27.6 Å². The van der Waals surface area contributed by atoms with Gasteiger partial charge < -0.3 is 18.0 Å². The molecular formula is C6H14O4SSi. The molecule has 4 nitrogen and oxygen atoms in total. The summed E-state index contributed by atoms with van der Waals surface area (Å²) in [6, 6.07) is 0. The Bertz CT molecular complexity index is 140. The molecule has 0 aromatic rings. The first-order valence-electron chi connectivity index (χ1n) is 3.39. The van der Waals surface area contributed by atoms with Gasteiger partial charge in [-0.15, -0.1) is 0 Å². The first-order chi connectivity index (χ1) is 5.60. The molecule has 0 aromatic heterocycles. The van der Waals surface area contributed by atoms with Crippen molar-refractivity contribution in [1.82, 2.24) is 0 Å². The van der Waals surface area contributed by atoms with E-state index in [0.717, 1.165) is 0 Å². The predicted molar refractivity (Wildman–Crippen MR) is 51.0 cm³/mol. The molecular weight excluding hydrogens is 196 g/mol. The Labute approximate surface area is 79.1 Å². The van der Waals surface area contributed by atoms with Crippen LogP contribution in [0.5, 0.6) is 0 Å². The van der Waals surface area contributed by atoms with Crippen LogP contribution in [0.3, 0.4) is 0 Å². The van der Waals surface area contributed by atoms with Crippen LogP contribution in [0, 0.1) is 0 Å². The lowest BCUT2D eigenvalue weighted by molar-refractivity contribution is 0.0985. The van der Waals surface area contributed by atoms with Crippen LogP contribution in [-0.4, -0.2) is 41.4 Å². The Morgan fingerprint density at radius 2 is 1.58 bits per heavy atom. The Hall–Kier alpha value is -0.0131. The van der Waals surface area contributed by atoms with Crippen LogP contribution in [0.2, 0.25) is 0 Å². The van der Waals surface area contributed by atoms with Crippen LogP contribution in [0.15, 0.2) is 0 Å². The van der Waals surface area contributed by atoms with Crippen LogP contribution in [0.4, 0.5) is 0 Å². The average molecular weight is 210 g/mol. The number of thiocarbonyl (C=S) groups is 1. The zero-order valence-electron chi connectivity index (χ0n) is 7.75. The second-order valence-electron chi connectivity index (χ2n) is 2.08. The van der Waals surface area contributed by atoms with Gasteiger partial charge in [-0.2, -0.15) is 0 Å². The van der Waals surface area contributed by atoms with Gasteiger partial charge in [0.05, 0.1) is 0 Å². The second kappa shape index (κ2) is 5.60. The van der Waals surface area contributed by atoms with E-state index in [1.54, 1.807) is 6.92 Å². The second-order valence-corrected chi connectivity index (χ2v) is 5.53. The molecule has 0 heterocycles. The molecule has 0 aromatic carbocycles. The summed E-state index contributed by atoms with van der Waals surface area (Å²) in [5.41, 5.74) is 0. The van der Waals surface area contributed by atoms with E-state index in [0.29, 0.717) is 5.05 Å². The lowest BCUT2D eigenvalue weighted by atomic mass is 10.9. The fourth-order valence-corrected chi connectivity index (χ4v) is 2.03. The number of hydrogen-bond acceptors (Lipinski definition) is 5. The van der Waals surface area contributed by atoms with Gasteiger partial charge in [0.25, 0.3) is 0 Å². The molecule has 0 amide bonds. The lowest BCUT2D eigenvalue weighted by Gasteiger charge is -2.23. The molecule has 0 fully saturated rings. The molecule has 0 aliphatic rings. The summed E-state index contributed by atoms with van der Waals surface area (Å²) >= 11 is 4.74. The molecule has 0 aliphatic carbocycles. The largest absolute Gasteiger partial charge is 0.539 e. The number of hydrogen-bond donors (Lipinski definition) is 0. The number of ether oxygens (including phenoxy) is 1. The van der Waals surface area contributed by atoms with Gasteiger partial charge in [0.1, 0.15) is 0 Å². The highest BCUT2D eigenvalue weighted by atomic mass is 32.1. The molecule has 0 bridgehead atoms. The van der Waals surface area contributed by atoms with E-state index >= 15 is 0 Å². The maximum Gasteiger partial charge on any atom is 0.539 e. The smallest absolute Gasteiger partial charge is 0.483 e. The molecule has 72 valence electrons. The maximum atomic E-state index is 5.10. The third kappa shape index (κ3) is 3.59. The summed E-state index contributed by atoms with van der Waals surface area (Å²) in [4.78, 5) is 0. The molecule has 0 radical (unpaired) electrons. The number of rotatable bonds is 5. The summed E-state index contributed by atoms with van der Waals surface area (Å²) in [6.07, 6.45) is 0.256. The van der Waals surface area contributed by atoms with Gasteiger partial charge in [0.2, 0.25) is 0 Å². The summed E-state index contributed by atoms with van der Waals surface area (Å²) in [5.74, 6) is 0. The van der Waals surface area contributed by atoms with Crippen LogP contribution in [-0.2, 0) is 18.0 Å². The summed E-state index contributed by atoms with van der Waals surface area (Å²) in [5, 5.41) is 0.457. The average Bonchev–Trinajstić information content (AvgIpc) is 2.08. The highest BCUT2D eigenvalue weighted by molar-refractivity contribution is 7.80. The topological polar surface area (TPSA) is 36.9 Å². The Morgan fingerprint density at radius 3 is 1.83 bits per heavy atom. The molecule has 0 rings (SSSR count). The van der Waals surface area contributed by atoms with Crippen LogP contribution in [0.1, 0.15) is 6.92 Å². The monoisotopic (exact) mass is 210 g/mol. The van der Waals surface area contributed by atoms with Gasteiger partial charge in [-0.25, -0.2) is 0 Å². The van der Waals surface area contributed by atoms with Crippen molar-refractivity contribution in [2.24, 2.45) is 0 Å². The SMILES string of the molecule is CO[Si](COC(C)=S)(OC)OC. The van der Waals surface area contributed by atoms with Gasteiger partial charge in [0, 0.05) is 28.3 Å². The third-order valence-corrected chi connectivity index (χ3v) is 3.87. The Kier molecular flexibility index (Phi) is 5.60. The fraction of sp³-hybridized carbons (Fsp3) is 0.833. The van der Waals surface area contributed by atoms with E-state index < -0.39 is 8.80 Å². The lowest BCUT2D eigenvalue weighted by Crippen LogP contribution is -2.48. The molecule has 0 N–H and O–H groups in total. The third-order valence-electron chi connectivity index (χ3n) is 1.39. The molecule has 6 heteroatoms. The highest BCUT2D eigenvalue weighted by Crippen LogP contribution is 2.06. The minimum atomic E-state index is -2.59. The minimum absolute atomic E-state index is 0.256. The first kappa shape index (κ1) is 12.0. The van der Waals surface area contributed by atoms with Crippen LogP contribution < -0.4 is 0 Å². The van der Waals surface area contributed by atoms with E-state index in [1.165, 1.54) is 21.3 Å². The molecule has 0 spiro atoms. The van der Waals surface area contributed by atoms with Gasteiger partial charge in [0.15, 0.2) is 11.3 Å². The predicted octanol–water partition coefficient (Wildman–Crippen LogP) is 0.768. The van der Waals surface area contributed by atoms with E-state index in [2.05, 4.69) is 0 Å². The molecule has 0 saturated heterocycles. The van der Waals surface area contributed by atoms with Gasteiger partial charge in [-0.1, -0.05) is 0 Å². The normalized spacial score (nSPS) is 11.3. The zero-order chi connectivity index (χ0) is 9.61. The minimum Gasteiger partial charge on any atom is -0.483 e. The molecule has 0 aliphatic heterocycles. The summed E-state index contributed by atoms with van der Waals surface area (Å²) in [7, 11) is 2.00.